The fraction of sp³-hybridized carbons (Fsp3) is 0.250. The van der Waals surface area contributed by atoms with Gasteiger partial charge >= 0.3 is 0 Å². The Hall–Kier alpha value is -0.380. The lowest BCUT2D eigenvalue weighted by atomic mass is 9.79. The van der Waals surface area contributed by atoms with Gasteiger partial charge in [0.15, 0.2) is 0 Å². The third-order valence-electron chi connectivity index (χ3n) is 3.38. The molecule has 0 heterocycles. The van der Waals surface area contributed by atoms with Gasteiger partial charge < -0.3 is 0 Å². The lowest BCUT2D eigenvalue weighted by molar-refractivity contribution is 0.541. The minimum absolute atomic E-state index is 0.202. The standard InChI is InChI=1S/C16H14Br2ClF/c17-10-16(11-18,13-4-2-6-15(20)8-13)9-12-3-1-5-14(19)7-12/h1-8H,9-11H2. The molecule has 2 aromatic rings. The first-order valence-electron chi connectivity index (χ1n) is 6.22. The molecule has 0 amide bonds. The van der Waals surface area contributed by atoms with Gasteiger partial charge in [-0.25, -0.2) is 4.39 Å². The molecular formula is C16H14Br2ClF. The lowest BCUT2D eigenvalue weighted by Crippen LogP contribution is -2.33. The predicted octanol–water partition coefficient (Wildman–Crippen LogP) is 5.75. The molecule has 0 aliphatic rings. The van der Waals surface area contributed by atoms with Crippen LogP contribution in [-0.4, -0.2) is 10.7 Å². The van der Waals surface area contributed by atoms with Gasteiger partial charge in [0.1, 0.15) is 5.82 Å². The van der Waals surface area contributed by atoms with Crippen molar-refractivity contribution in [2.75, 3.05) is 10.7 Å². The smallest absolute Gasteiger partial charge is 0.123 e. The maximum atomic E-state index is 13.5. The molecule has 0 bridgehead atoms. The lowest BCUT2D eigenvalue weighted by Gasteiger charge is -2.31. The van der Waals surface area contributed by atoms with Crippen LogP contribution >= 0.6 is 43.5 Å². The molecule has 0 saturated carbocycles. The van der Waals surface area contributed by atoms with E-state index in [9.17, 15) is 4.39 Å². The Morgan fingerprint density at radius 1 is 1.00 bits per heavy atom. The van der Waals surface area contributed by atoms with Crippen LogP contribution in [0.5, 0.6) is 0 Å². The summed E-state index contributed by atoms with van der Waals surface area (Å²) in [4.78, 5) is 0. The van der Waals surface area contributed by atoms with Crippen molar-refractivity contribution in [2.45, 2.75) is 11.8 Å². The number of hydrogen-bond acceptors (Lipinski definition) is 0. The molecular weight excluding hydrogens is 406 g/mol. The van der Waals surface area contributed by atoms with Gasteiger partial charge in [0.05, 0.1) is 0 Å². The van der Waals surface area contributed by atoms with E-state index >= 15 is 0 Å². The van der Waals surface area contributed by atoms with Gasteiger partial charge in [0, 0.05) is 21.1 Å². The highest BCUT2D eigenvalue weighted by Crippen LogP contribution is 2.33. The highest BCUT2D eigenvalue weighted by molar-refractivity contribution is 9.09. The highest BCUT2D eigenvalue weighted by Gasteiger charge is 2.30. The molecule has 0 unspecified atom stereocenters. The van der Waals surface area contributed by atoms with Gasteiger partial charge in [-0.2, -0.15) is 0 Å². The SMILES string of the molecule is Fc1cccc(C(CBr)(CBr)Cc2cccc(Cl)c2)c1. The van der Waals surface area contributed by atoms with Crippen LogP contribution in [0.1, 0.15) is 11.1 Å². The first kappa shape index (κ1) is 16.0. The van der Waals surface area contributed by atoms with Crippen molar-refractivity contribution in [3.8, 4) is 0 Å². The molecule has 106 valence electrons. The zero-order valence-corrected chi connectivity index (χ0v) is 14.7. The highest BCUT2D eigenvalue weighted by atomic mass is 79.9. The zero-order chi connectivity index (χ0) is 14.6. The average Bonchev–Trinajstić information content (AvgIpc) is 2.45. The monoisotopic (exact) mass is 418 g/mol. The van der Waals surface area contributed by atoms with Crippen LogP contribution in [0.2, 0.25) is 5.02 Å². The largest absolute Gasteiger partial charge is 0.207 e. The Morgan fingerprint density at radius 2 is 1.70 bits per heavy atom. The van der Waals surface area contributed by atoms with E-state index in [-0.39, 0.29) is 11.2 Å². The number of rotatable bonds is 5. The second kappa shape index (κ2) is 7.06. The second-order valence-electron chi connectivity index (χ2n) is 4.86. The van der Waals surface area contributed by atoms with Crippen LogP contribution < -0.4 is 0 Å². The zero-order valence-electron chi connectivity index (χ0n) is 10.8. The minimum atomic E-state index is -0.208. The van der Waals surface area contributed by atoms with Gasteiger partial charge in [-0.3, -0.25) is 0 Å². The van der Waals surface area contributed by atoms with Crippen molar-refractivity contribution < 1.29 is 4.39 Å². The molecule has 0 aromatic heterocycles. The van der Waals surface area contributed by atoms with Crippen molar-refractivity contribution in [2.24, 2.45) is 0 Å². The fourth-order valence-electron chi connectivity index (χ4n) is 2.24. The van der Waals surface area contributed by atoms with Crippen molar-refractivity contribution in [1.29, 1.82) is 0 Å². The van der Waals surface area contributed by atoms with Crippen molar-refractivity contribution in [3.63, 3.8) is 0 Å². The maximum Gasteiger partial charge on any atom is 0.123 e. The average molecular weight is 421 g/mol. The van der Waals surface area contributed by atoms with Gasteiger partial charge in [0.2, 0.25) is 0 Å². The topological polar surface area (TPSA) is 0 Å². The summed E-state index contributed by atoms with van der Waals surface area (Å²) in [6, 6.07) is 14.6. The van der Waals surface area contributed by atoms with Crippen LogP contribution in [0.15, 0.2) is 48.5 Å². The summed E-state index contributed by atoms with van der Waals surface area (Å²) in [5, 5.41) is 2.20. The summed E-state index contributed by atoms with van der Waals surface area (Å²) < 4.78 is 13.5. The molecule has 0 aliphatic carbocycles. The van der Waals surface area contributed by atoms with Gasteiger partial charge in [-0.15, -0.1) is 0 Å². The van der Waals surface area contributed by atoms with Crippen LogP contribution in [0.25, 0.3) is 0 Å². The third-order valence-corrected chi connectivity index (χ3v) is 5.76. The summed E-state index contributed by atoms with van der Waals surface area (Å²) in [5.74, 6) is -0.208. The van der Waals surface area contributed by atoms with Gasteiger partial charge in [0.25, 0.3) is 0 Å². The quantitative estimate of drug-likeness (QED) is 0.541. The van der Waals surface area contributed by atoms with Gasteiger partial charge in [-0.05, 0) is 41.8 Å². The molecule has 0 spiro atoms. The molecule has 0 nitrogen and oxygen atoms in total. The molecule has 0 fully saturated rings. The Kier molecular flexibility index (Phi) is 5.65. The molecule has 0 saturated heterocycles. The molecule has 2 rings (SSSR count). The normalized spacial score (nSPS) is 11.6. The minimum Gasteiger partial charge on any atom is -0.207 e. The Balaban J connectivity index is 2.39. The van der Waals surface area contributed by atoms with E-state index in [1.807, 2.05) is 30.3 Å². The Labute approximate surface area is 140 Å². The fourth-order valence-corrected chi connectivity index (χ4v) is 4.43. The Morgan fingerprint density at radius 3 is 2.30 bits per heavy atom. The van der Waals surface area contributed by atoms with Crippen molar-refractivity contribution in [1.82, 2.24) is 0 Å². The van der Waals surface area contributed by atoms with Crippen LogP contribution in [-0.2, 0) is 11.8 Å². The van der Waals surface area contributed by atoms with Crippen molar-refractivity contribution >= 4 is 43.5 Å². The van der Waals surface area contributed by atoms with E-state index < -0.39 is 0 Å². The van der Waals surface area contributed by atoms with E-state index in [0.29, 0.717) is 0 Å². The summed E-state index contributed by atoms with van der Waals surface area (Å²) in [7, 11) is 0. The van der Waals surface area contributed by atoms with E-state index in [1.54, 1.807) is 12.1 Å². The first-order chi connectivity index (χ1) is 9.59. The molecule has 0 atom stereocenters. The molecule has 0 aliphatic heterocycles. The molecule has 2 aromatic carbocycles. The third kappa shape index (κ3) is 3.63. The number of hydrogen-bond donors (Lipinski definition) is 0. The molecule has 4 heteroatoms. The number of alkyl halides is 2. The van der Waals surface area contributed by atoms with E-state index in [0.717, 1.165) is 33.2 Å². The van der Waals surface area contributed by atoms with Crippen LogP contribution in [0, 0.1) is 5.82 Å². The Bertz CT molecular complexity index is 582. The maximum absolute atomic E-state index is 13.5. The number of benzene rings is 2. The van der Waals surface area contributed by atoms with E-state index in [1.165, 1.54) is 6.07 Å². The van der Waals surface area contributed by atoms with E-state index in [4.69, 9.17) is 11.6 Å². The number of halogens is 4. The van der Waals surface area contributed by atoms with Crippen LogP contribution in [0.4, 0.5) is 4.39 Å². The summed E-state index contributed by atoms with van der Waals surface area (Å²) in [5.41, 5.74) is 1.92. The predicted molar refractivity (Wildman–Crippen MR) is 90.8 cm³/mol. The molecule has 20 heavy (non-hydrogen) atoms. The van der Waals surface area contributed by atoms with E-state index in [2.05, 4.69) is 31.9 Å². The molecule has 0 N–H and O–H groups in total. The van der Waals surface area contributed by atoms with Crippen LogP contribution in [0.3, 0.4) is 0 Å². The second-order valence-corrected chi connectivity index (χ2v) is 6.42. The van der Waals surface area contributed by atoms with Gasteiger partial charge in [-0.1, -0.05) is 67.7 Å². The summed E-state index contributed by atoms with van der Waals surface area (Å²) in [6.45, 7) is 0. The van der Waals surface area contributed by atoms with Crippen molar-refractivity contribution in [3.05, 3.63) is 70.5 Å². The summed E-state index contributed by atoms with van der Waals surface area (Å²) >= 11 is 13.2. The summed E-state index contributed by atoms with van der Waals surface area (Å²) in [6.07, 6.45) is 0.785. The molecule has 0 radical (unpaired) electrons. The first-order valence-corrected chi connectivity index (χ1v) is 8.84.